The maximum Gasteiger partial charge on any atom is 0.237 e. The van der Waals surface area contributed by atoms with E-state index in [1.807, 2.05) is 4.90 Å². The third-order valence-electron chi connectivity index (χ3n) is 3.43. The average Bonchev–Trinajstić information content (AvgIpc) is 2.86. The Bertz CT molecular complexity index is 490. The molecule has 1 aromatic rings. The van der Waals surface area contributed by atoms with E-state index < -0.39 is 5.82 Å². The van der Waals surface area contributed by atoms with E-state index in [2.05, 4.69) is 5.32 Å². The van der Waals surface area contributed by atoms with Crippen molar-refractivity contribution in [1.82, 2.24) is 10.2 Å². The molecule has 0 saturated carbocycles. The Hall–Kier alpha value is -1.75. The predicted octanol–water partition coefficient (Wildman–Crippen LogP) is 1.22. The predicted molar refractivity (Wildman–Crippen MR) is 69.4 cm³/mol. The summed E-state index contributed by atoms with van der Waals surface area (Å²) in [6.07, 6.45) is 1.62. The van der Waals surface area contributed by atoms with Crippen LogP contribution in [0, 0.1) is 5.82 Å². The fourth-order valence-corrected chi connectivity index (χ4v) is 2.44. The van der Waals surface area contributed by atoms with E-state index in [0.29, 0.717) is 6.54 Å². The second-order valence-corrected chi connectivity index (χ2v) is 4.65. The molecule has 5 heteroatoms. The Morgan fingerprint density at radius 1 is 1.42 bits per heavy atom. The van der Waals surface area contributed by atoms with Crippen LogP contribution in [0.25, 0.3) is 0 Å². The Morgan fingerprint density at radius 2 is 2.16 bits per heavy atom. The van der Waals surface area contributed by atoms with Crippen molar-refractivity contribution >= 4 is 11.7 Å². The van der Waals surface area contributed by atoms with Gasteiger partial charge in [-0.2, -0.15) is 0 Å². The first-order valence-electron chi connectivity index (χ1n) is 6.37. The van der Waals surface area contributed by atoms with Crippen molar-refractivity contribution in [3.8, 4) is 0 Å². The van der Waals surface area contributed by atoms with Gasteiger partial charge in [0.2, 0.25) is 5.91 Å². The molecule has 1 aromatic carbocycles. The zero-order valence-corrected chi connectivity index (χ0v) is 10.9. The molecule has 0 bridgehead atoms. The first-order valence-corrected chi connectivity index (χ1v) is 6.37. The minimum atomic E-state index is -0.511. The van der Waals surface area contributed by atoms with Crippen molar-refractivity contribution in [2.24, 2.45) is 0 Å². The Kier molecular flexibility index (Phi) is 4.27. The SMILES string of the molecule is CNC(=O)C1CCCN1CC(=O)c1ccccc1F. The number of hydrogen-bond donors (Lipinski definition) is 1. The molecular weight excluding hydrogens is 247 g/mol. The van der Waals surface area contributed by atoms with Gasteiger partial charge in [-0.3, -0.25) is 14.5 Å². The second-order valence-electron chi connectivity index (χ2n) is 4.65. The summed E-state index contributed by atoms with van der Waals surface area (Å²) in [7, 11) is 1.58. The topological polar surface area (TPSA) is 49.4 Å². The third-order valence-corrected chi connectivity index (χ3v) is 3.43. The number of benzene rings is 1. The Morgan fingerprint density at radius 3 is 2.84 bits per heavy atom. The van der Waals surface area contributed by atoms with Crippen LogP contribution in [0.5, 0.6) is 0 Å². The van der Waals surface area contributed by atoms with Gasteiger partial charge in [0, 0.05) is 7.05 Å². The molecule has 1 atom stereocenters. The zero-order valence-electron chi connectivity index (χ0n) is 10.9. The summed E-state index contributed by atoms with van der Waals surface area (Å²) in [6, 6.07) is 5.66. The van der Waals surface area contributed by atoms with Gasteiger partial charge in [0.05, 0.1) is 18.2 Å². The summed E-state index contributed by atoms with van der Waals surface area (Å²) in [5.41, 5.74) is 0.0880. The normalized spacial score (nSPS) is 19.4. The highest BCUT2D eigenvalue weighted by atomic mass is 19.1. The minimum Gasteiger partial charge on any atom is -0.358 e. The van der Waals surface area contributed by atoms with Crippen LogP contribution in [0.2, 0.25) is 0 Å². The third kappa shape index (κ3) is 2.98. The average molecular weight is 264 g/mol. The molecule has 1 amide bonds. The molecule has 4 nitrogen and oxygen atoms in total. The van der Waals surface area contributed by atoms with Crippen LogP contribution in [0.3, 0.4) is 0 Å². The van der Waals surface area contributed by atoms with Crippen LogP contribution < -0.4 is 5.32 Å². The summed E-state index contributed by atoms with van der Waals surface area (Å²) in [4.78, 5) is 25.5. The molecule has 19 heavy (non-hydrogen) atoms. The quantitative estimate of drug-likeness (QED) is 0.832. The molecule has 1 aliphatic rings. The number of halogens is 1. The van der Waals surface area contributed by atoms with E-state index in [-0.39, 0.29) is 29.8 Å². The molecule has 1 unspecified atom stereocenters. The number of hydrogen-bond acceptors (Lipinski definition) is 3. The van der Waals surface area contributed by atoms with Gasteiger partial charge >= 0.3 is 0 Å². The standard InChI is InChI=1S/C14H17FN2O2/c1-16-14(19)12-7-4-8-17(12)9-13(18)10-5-2-3-6-11(10)15/h2-3,5-6,12H,4,7-9H2,1H3,(H,16,19). The van der Waals surface area contributed by atoms with Gasteiger partial charge in [-0.1, -0.05) is 12.1 Å². The highest BCUT2D eigenvalue weighted by molar-refractivity contribution is 5.98. The lowest BCUT2D eigenvalue weighted by molar-refractivity contribution is -0.124. The number of nitrogens with zero attached hydrogens (tertiary/aromatic N) is 1. The van der Waals surface area contributed by atoms with Crippen molar-refractivity contribution < 1.29 is 14.0 Å². The number of carbonyl (C=O) groups excluding carboxylic acids is 2. The summed E-state index contributed by atoms with van der Waals surface area (Å²) < 4.78 is 13.5. The number of ketones is 1. The number of amides is 1. The van der Waals surface area contributed by atoms with E-state index >= 15 is 0 Å². The van der Waals surface area contributed by atoms with Crippen LogP contribution >= 0.6 is 0 Å². The van der Waals surface area contributed by atoms with Crippen molar-refractivity contribution in [2.45, 2.75) is 18.9 Å². The molecular formula is C14H17FN2O2. The van der Waals surface area contributed by atoms with E-state index in [0.717, 1.165) is 12.8 Å². The summed E-state index contributed by atoms with van der Waals surface area (Å²) >= 11 is 0. The first-order chi connectivity index (χ1) is 9.13. The van der Waals surface area contributed by atoms with Crippen LogP contribution in [0.4, 0.5) is 4.39 Å². The fourth-order valence-electron chi connectivity index (χ4n) is 2.44. The number of Topliss-reactive ketones (excluding diaryl/α,β-unsaturated/α-hetero) is 1. The van der Waals surface area contributed by atoms with E-state index in [9.17, 15) is 14.0 Å². The van der Waals surface area contributed by atoms with Gasteiger partial charge in [-0.15, -0.1) is 0 Å². The lowest BCUT2D eigenvalue weighted by Gasteiger charge is -2.22. The Labute approximate surface area is 111 Å². The van der Waals surface area contributed by atoms with Crippen LogP contribution in [-0.2, 0) is 4.79 Å². The molecule has 2 rings (SSSR count). The monoisotopic (exact) mass is 264 g/mol. The lowest BCUT2D eigenvalue weighted by Crippen LogP contribution is -2.44. The molecule has 1 fully saturated rings. The van der Waals surface area contributed by atoms with Gasteiger partial charge in [0.15, 0.2) is 5.78 Å². The number of likely N-dealkylation sites (tertiary alicyclic amines) is 1. The number of nitrogens with one attached hydrogen (secondary N) is 1. The van der Waals surface area contributed by atoms with Crippen LogP contribution in [-0.4, -0.2) is 42.8 Å². The smallest absolute Gasteiger partial charge is 0.237 e. The second kappa shape index (κ2) is 5.93. The molecule has 0 aromatic heterocycles. The van der Waals surface area contributed by atoms with E-state index in [1.165, 1.54) is 12.1 Å². The molecule has 0 radical (unpaired) electrons. The highest BCUT2D eigenvalue weighted by Gasteiger charge is 2.31. The van der Waals surface area contributed by atoms with Gasteiger partial charge in [-0.25, -0.2) is 4.39 Å². The Balaban J connectivity index is 2.07. The van der Waals surface area contributed by atoms with E-state index in [4.69, 9.17) is 0 Å². The maximum atomic E-state index is 13.5. The molecule has 1 saturated heterocycles. The highest BCUT2D eigenvalue weighted by Crippen LogP contribution is 2.18. The minimum absolute atomic E-state index is 0.0824. The van der Waals surface area contributed by atoms with Gasteiger partial charge in [0.25, 0.3) is 0 Å². The van der Waals surface area contributed by atoms with Gasteiger partial charge in [0.1, 0.15) is 5.82 Å². The molecule has 1 N–H and O–H groups in total. The summed E-state index contributed by atoms with van der Waals surface area (Å²) in [5, 5.41) is 2.60. The van der Waals surface area contributed by atoms with Gasteiger partial charge < -0.3 is 5.32 Å². The number of rotatable bonds is 4. The van der Waals surface area contributed by atoms with Crippen molar-refractivity contribution in [3.05, 3.63) is 35.6 Å². The van der Waals surface area contributed by atoms with Crippen LogP contribution in [0.1, 0.15) is 23.2 Å². The first kappa shape index (κ1) is 13.7. The largest absolute Gasteiger partial charge is 0.358 e. The zero-order chi connectivity index (χ0) is 13.8. The summed E-state index contributed by atoms with van der Waals surface area (Å²) in [6.45, 7) is 0.775. The molecule has 102 valence electrons. The van der Waals surface area contributed by atoms with Gasteiger partial charge in [-0.05, 0) is 31.5 Å². The fraction of sp³-hybridized carbons (Fsp3) is 0.429. The molecule has 0 aliphatic carbocycles. The van der Waals surface area contributed by atoms with Crippen molar-refractivity contribution in [1.29, 1.82) is 0 Å². The molecule has 1 heterocycles. The van der Waals surface area contributed by atoms with Crippen LogP contribution in [0.15, 0.2) is 24.3 Å². The van der Waals surface area contributed by atoms with E-state index in [1.54, 1.807) is 19.2 Å². The maximum absolute atomic E-state index is 13.5. The molecule has 0 spiro atoms. The number of likely N-dealkylation sites (N-methyl/N-ethyl adjacent to an activating group) is 1. The lowest BCUT2D eigenvalue weighted by atomic mass is 10.1. The summed E-state index contributed by atoms with van der Waals surface area (Å²) in [5.74, 6) is -0.879. The van der Waals surface area contributed by atoms with Crippen molar-refractivity contribution in [2.75, 3.05) is 20.1 Å². The van der Waals surface area contributed by atoms with Crippen molar-refractivity contribution in [3.63, 3.8) is 0 Å². The number of carbonyl (C=O) groups is 2. The molecule has 1 aliphatic heterocycles.